The number of hydrogen-bond acceptors (Lipinski definition) is 3. The van der Waals surface area contributed by atoms with E-state index in [4.69, 9.17) is 0 Å². The zero-order valence-corrected chi connectivity index (χ0v) is 10.2. The summed E-state index contributed by atoms with van der Waals surface area (Å²) in [7, 11) is 0. The van der Waals surface area contributed by atoms with Gasteiger partial charge in [-0.1, -0.05) is 30.3 Å². The highest BCUT2D eigenvalue weighted by molar-refractivity contribution is 5.83. The van der Waals surface area contributed by atoms with Crippen molar-refractivity contribution in [3.05, 3.63) is 53.1 Å². The van der Waals surface area contributed by atoms with E-state index in [0.29, 0.717) is 17.6 Å². The van der Waals surface area contributed by atoms with Crippen molar-refractivity contribution < 1.29 is 5.11 Å². The van der Waals surface area contributed by atoms with E-state index in [1.807, 2.05) is 36.4 Å². The Morgan fingerprint density at radius 1 is 1.26 bits per heavy atom. The van der Waals surface area contributed by atoms with Gasteiger partial charge in [0.05, 0.1) is 24.1 Å². The molecule has 0 radical (unpaired) electrons. The third-order valence-electron chi connectivity index (χ3n) is 3.08. The largest absolute Gasteiger partial charge is 0.395 e. The number of aliphatic hydroxyl groups is 1. The lowest BCUT2D eigenvalue weighted by Gasteiger charge is -2.08. The van der Waals surface area contributed by atoms with Crippen molar-refractivity contribution in [3.63, 3.8) is 0 Å². The average Bonchev–Trinajstić information content (AvgIpc) is 2.81. The first kappa shape index (κ1) is 11.7. The van der Waals surface area contributed by atoms with Gasteiger partial charge in [0.2, 0.25) is 0 Å². The van der Waals surface area contributed by atoms with E-state index in [-0.39, 0.29) is 12.2 Å². The minimum atomic E-state index is -0.194. The van der Waals surface area contributed by atoms with Crippen molar-refractivity contribution in [1.82, 2.24) is 14.5 Å². The minimum Gasteiger partial charge on any atom is -0.395 e. The molecule has 0 saturated carbocycles. The summed E-state index contributed by atoms with van der Waals surface area (Å²) in [6, 6.07) is 11.6. The number of nitrogens with one attached hydrogen (secondary N) is 1. The Kier molecular flexibility index (Phi) is 2.89. The molecule has 2 N–H and O–H groups in total. The molecule has 0 saturated heterocycles. The van der Waals surface area contributed by atoms with Gasteiger partial charge in [0.1, 0.15) is 5.52 Å². The number of benzene rings is 1. The van der Waals surface area contributed by atoms with E-state index < -0.39 is 0 Å². The Labute approximate surface area is 109 Å². The van der Waals surface area contributed by atoms with Gasteiger partial charge in [-0.2, -0.15) is 0 Å². The maximum Gasteiger partial charge on any atom is 0.275 e. The van der Waals surface area contributed by atoms with E-state index in [1.54, 1.807) is 4.57 Å². The molecule has 2 aromatic heterocycles. The van der Waals surface area contributed by atoms with E-state index >= 15 is 0 Å². The van der Waals surface area contributed by atoms with Crippen LogP contribution in [0.3, 0.4) is 0 Å². The van der Waals surface area contributed by atoms with Crippen LogP contribution in [-0.4, -0.2) is 26.2 Å². The number of hydrogen-bond donors (Lipinski definition) is 2. The van der Waals surface area contributed by atoms with Gasteiger partial charge < -0.3 is 14.7 Å². The molecule has 5 heteroatoms. The predicted molar refractivity (Wildman–Crippen MR) is 72.9 cm³/mol. The molecule has 0 spiro atoms. The molecule has 0 atom stereocenters. The molecule has 3 aromatic rings. The van der Waals surface area contributed by atoms with Crippen molar-refractivity contribution in [2.24, 2.45) is 0 Å². The third kappa shape index (κ3) is 1.94. The number of aliphatic hydroxyl groups excluding tert-OH is 1. The van der Waals surface area contributed by atoms with Crippen LogP contribution in [0.1, 0.15) is 0 Å². The quantitative estimate of drug-likeness (QED) is 0.742. The second-order valence-electron chi connectivity index (χ2n) is 4.24. The lowest BCUT2D eigenvalue weighted by atomic mass is 10.1. The summed E-state index contributed by atoms with van der Waals surface area (Å²) in [5.74, 6) is 0. The van der Waals surface area contributed by atoms with Crippen LogP contribution in [0.5, 0.6) is 0 Å². The first-order valence-corrected chi connectivity index (χ1v) is 6.04. The highest BCUT2D eigenvalue weighted by Gasteiger charge is 2.13. The molecule has 0 aliphatic heterocycles. The molecule has 0 amide bonds. The maximum absolute atomic E-state index is 11.9. The van der Waals surface area contributed by atoms with E-state index in [0.717, 1.165) is 11.3 Å². The first-order chi connectivity index (χ1) is 9.31. The predicted octanol–water partition coefficient (Wildman–Crippen LogP) is 1.38. The van der Waals surface area contributed by atoms with Crippen molar-refractivity contribution in [3.8, 4) is 11.3 Å². The number of H-pyrrole nitrogens is 1. The summed E-state index contributed by atoms with van der Waals surface area (Å²) in [5, 5.41) is 9.21. The fraction of sp³-hybridized carbons (Fsp3) is 0.143. The van der Waals surface area contributed by atoms with Crippen LogP contribution in [0, 0.1) is 0 Å². The molecule has 5 nitrogen and oxygen atoms in total. The molecule has 0 bridgehead atoms. The van der Waals surface area contributed by atoms with Crippen LogP contribution >= 0.6 is 0 Å². The normalized spacial score (nSPS) is 11.0. The summed E-state index contributed by atoms with van der Waals surface area (Å²) in [6.07, 6.45) is 1.39. The fourth-order valence-corrected chi connectivity index (χ4v) is 2.28. The van der Waals surface area contributed by atoms with Crippen LogP contribution in [0.15, 0.2) is 47.5 Å². The van der Waals surface area contributed by atoms with Crippen LogP contribution in [0.2, 0.25) is 0 Å². The molecule has 0 aliphatic rings. The molecule has 0 aliphatic carbocycles. The van der Waals surface area contributed by atoms with Gasteiger partial charge in [-0.15, -0.1) is 0 Å². The molecule has 19 heavy (non-hydrogen) atoms. The van der Waals surface area contributed by atoms with E-state index in [9.17, 15) is 9.90 Å². The Balaban J connectivity index is 2.33. The molecule has 0 unspecified atom stereocenters. The number of rotatable bonds is 3. The van der Waals surface area contributed by atoms with Crippen LogP contribution in [0.4, 0.5) is 0 Å². The molecule has 96 valence electrons. The summed E-state index contributed by atoms with van der Waals surface area (Å²) in [5.41, 5.74) is 2.81. The third-order valence-corrected chi connectivity index (χ3v) is 3.08. The van der Waals surface area contributed by atoms with Crippen molar-refractivity contribution in [2.45, 2.75) is 6.54 Å². The van der Waals surface area contributed by atoms with Crippen molar-refractivity contribution in [1.29, 1.82) is 0 Å². The minimum absolute atomic E-state index is 0.0298. The molecule has 3 rings (SSSR count). The Morgan fingerprint density at radius 3 is 2.79 bits per heavy atom. The van der Waals surface area contributed by atoms with Crippen LogP contribution in [-0.2, 0) is 6.54 Å². The standard InChI is InChI=1S/C14H13N3O2/c18-7-6-17-12(10-4-2-1-3-5-10)8-11-13(17)14(19)16-9-15-11/h1-5,8-9,18H,6-7H2,(H,15,16,19). The monoisotopic (exact) mass is 255 g/mol. The number of fused-ring (bicyclic) bond motifs is 1. The highest BCUT2D eigenvalue weighted by atomic mass is 16.3. The SMILES string of the molecule is O=c1[nH]cnc2cc(-c3ccccc3)n(CCO)c12. The topological polar surface area (TPSA) is 70.9 Å². The Morgan fingerprint density at radius 2 is 2.05 bits per heavy atom. The maximum atomic E-state index is 11.9. The van der Waals surface area contributed by atoms with Gasteiger partial charge >= 0.3 is 0 Å². The number of aromatic amines is 1. The number of aromatic nitrogens is 3. The van der Waals surface area contributed by atoms with Crippen molar-refractivity contribution >= 4 is 11.0 Å². The summed E-state index contributed by atoms with van der Waals surface area (Å²) >= 11 is 0. The van der Waals surface area contributed by atoms with Gasteiger partial charge in [-0.05, 0) is 11.6 Å². The zero-order chi connectivity index (χ0) is 13.2. The summed E-state index contributed by atoms with van der Waals surface area (Å²) in [6.45, 7) is 0.334. The second kappa shape index (κ2) is 4.70. The Bertz CT molecular complexity index is 759. The van der Waals surface area contributed by atoms with E-state index in [2.05, 4.69) is 9.97 Å². The van der Waals surface area contributed by atoms with Gasteiger partial charge in [-0.25, -0.2) is 4.98 Å². The molecular formula is C14H13N3O2. The summed E-state index contributed by atoms with van der Waals surface area (Å²) < 4.78 is 1.80. The second-order valence-corrected chi connectivity index (χ2v) is 4.24. The molecular weight excluding hydrogens is 242 g/mol. The fourth-order valence-electron chi connectivity index (χ4n) is 2.28. The first-order valence-electron chi connectivity index (χ1n) is 6.04. The summed E-state index contributed by atoms with van der Waals surface area (Å²) in [4.78, 5) is 18.7. The average molecular weight is 255 g/mol. The van der Waals surface area contributed by atoms with E-state index in [1.165, 1.54) is 6.33 Å². The smallest absolute Gasteiger partial charge is 0.275 e. The zero-order valence-electron chi connectivity index (χ0n) is 10.2. The molecule has 1 aromatic carbocycles. The molecule has 2 heterocycles. The van der Waals surface area contributed by atoms with Gasteiger partial charge in [0.15, 0.2) is 0 Å². The van der Waals surface area contributed by atoms with Crippen LogP contribution in [0.25, 0.3) is 22.3 Å². The van der Waals surface area contributed by atoms with Gasteiger partial charge in [0, 0.05) is 6.54 Å². The Hall–Kier alpha value is -2.40. The molecule has 0 fully saturated rings. The van der Waals surface area contributed by atoms with Gasteiger partial charge in [0.25, 0.3) is 5.56 Å². The lowest BCUT2D eigenvalue weighted by Crippen LogP contribution is -2.13. The number of nitrogens with zero attached hydrogens (tertiary/aromatic N) is 2. The highest BCUT2D eigenvalue weighted by Crippen LogP contribution is 2.24. The lowest BCUT2D eigenvalue weighted by molar-refractivity contribution is 0.278. The van der Waals surface area contributed by atoms with Crippen LogP contribution < -0.4 is 5.56 Å². The van der Waals surface area contributed by atoms with Crippen molar-refractivity contribution in [2.75, 3.05) is 6.61 Å². The van der Waals surface area contributed by atoms with Gasteiger partial charge in [-0.3, -0.25) is 4.79 Å².